The zero-order valence-electron chi connectivity index (χ0n) is 21.1. The van der Waals surface area contributed by atoms with Crippen molar-refractivity contribution in [2.45, 2.75) is 114 Å². The van der Waals surface area contributed by atoms with Gasteiger partial charge in [-0.15, -0.1) is 0 Å². The molecule has 4 aliphatic rings. The van der Waals surface area contributed by atoms with Crippen molar-refractivity contribution in [2.24, 2.45) is 17.8 Å². The van der Waals surface area contributed by atoms with Gasteiger partial charge in [0.05, 0.1) is 24.5 Å². The van der Waals surface area contributed by atoms with Crippen molar-refractivity contribution in [1.29, 1.82) is 0 Å². The van der Waals surface area contributed by atoms with Crippen LogP contribution in [0.25, 0.3) is 0 Å². The quantitative estimate of drug-likeness (QED) is 0.492. The molecule has 7 nitrogen and oxygen atoms in total. The van der Waals surface area contributed by atoms with E-state index in [2.05, 4.69) is 16.0 Å². The molecular weight excluding hydrogens is 437 g/mol. The van der Waals surface area contributed by atoms with Crippen molar-refractivity contribution >= 4 is 5.91 Å². The minimum absolute atomic E-state index is 0.0230. The fraction of sp³-hybridized carbons (Fsp3) is 0.962. The van der Waals surface area contributed by atoms with Gasteiger partial charge in [-0.2, -0.15) is 0 Å². The Bertz CT molecular complexity index is 633. The Balaban J connectivity index is 1.15. The highest BCUT2D eigenvalue weighted by Gasteiger charge is 2.35. The molecule has 0 spiro atoms. The van der Waals surface area contributed by atoms with Crippen molar-refractivity contribution in [3.63, 3.8) is 0 Å². The molecule has 4 fully saturated rings. The second-order valence-electron chi connectivity index (χ2n) is 11.0. The molecule has 1 aliphatic heterocycles. The van der Waals surface area contributed by atoms with Gasteiger partial charge in [-0.3, -0.25) is 10.1 Å². The molecule has 1 saturated heterocycles. The molecule has 3 N–H and O–H groups in total. The van der Waals surface area contributed by atoms with E-state index in [4.69, 9.17) is 14.2 Å². The maximum absolute atomic E-state index is 13.9. The lowest BCUT2D eigenvalue weighted by molar-refractivity contribution is -0.129. The summed E-state index contributed by atoms with van der Waals surface area (Å²) in [6.07, 6.45) is 11.0. The van der Waals surface area contributed by atoms with Gasteiger partial charge in [0.1, 0.15) is 12.4 Å². The van der Waals surface area contributed by atoms with E-state index < -0.39 is 6.17 Å². The number of ether oxygens (including phenoxy) is 3. The molecule has 1 heterocycles. The number of rotatable bonds is 8. The normalized spacial score (nSPS) is 41.7. The molecule has 0 aromatic heterocycles. The second-order valence-corrected chi connectivity index (χ2v) is 11.0. The Morgan fingerprint density at radius 3 is 2.47 bits per heavy atom. The Hall–Kier alpha value is -0.800. The summed E-state index contributed by atoms with van der Waals surface area (Å²) in [4.78, 5) is 12.8. The smallest absolute Gasteiger partial charge is 0.223 e. The summed E-state index contributed by atoms with van der Waals surface area (Å²) < 4.78 is 31.4. The summed E-state index contributed by atoms with van der Waals surface area (Å²) in [7, 11) is 3.52. The van der Waals surface area contributed by atoms with Crippen LogP contribution in [0, 0.1) is 17.8 Å². The van der Waals surface area contributed by atoms with Crippen LogP contribution >= 0.6 is 0 Å². The fourth-order valence-electron chi connectivity index (χ4n) is 6.55. The van der Waals surface area contributed by atoms with Crippen molar-refractivity contribution in [1.82, 2.24) is 16.0 Å². The molecule has 196 valence electrons. The third-order valence-corrected chi connectivity index (χ3v) is 8.72. The first-order valence-corrected chi connectivity index (χ1v) is 13.7. The molecule has 4 rings (SSSR count). The Labute approximate surface area is 204 Å². The number of methoxy groups -OCH3 is 2. The average Bonchev–Trinajstić information content (AvgIpc) is 2.87. The summed E-state index contributed by atoms with van der Waals surface area (Å²) in [5.41, 5.74) is 0. The predicted octanol–water partition coefficient (Wildman–Crippen LogP) is 3.27. The Morgan fingerprint density at radius 1 is 0.941 bits per heavy atom. The van der Waals surface area contributed by atoms with E-state index in [1.54, 1.807) is 14.2 Å². The predicted molar refractivity (Wildman–Crippen MR) is 129 cm³/mol. The highest BCUT2D eigenvalue weighted by molar-refractivity contribution is 5.78. The highest BCUT2D eigenvalue weighted by Crippen LogP contribution is 2.32. The van der Waals surface area contributed by atoms with Gasteiger partial charge < -0.3 is 24.8 Å². The monoisotopic (exact) mass is 483 g/mol. The molecule has 0 aromatic carbocycles. The van der Waals surface area contributed by atoms with Crippen molar-refractivity contribution < 1.29 is 23.4 Å². The van der Waals surface area contributed by atoms with Crippen LogP contribution in [-0.4, -0.2) is 70.1 Å². The van der Waals surface area contributed by atoms with E-state index in [1.165, 1.54) is 0 Å². The molecule has 8 heteroatoms. The molecule has 0 bridgehead atoms. The SMILES string of the molecule is COC1CCC(CNC(=O)C2CCC(OC3CCNC(C4CCCC(F)C4)N3)CC2)C(OC)C1. The first-order valence-electron chi connectivity index (χ1n) is 13.7. The van der Waals surface area contributed by atoms with Gasteiger partial charge in [0, 0.05) is 45.6 Å². The summed E-state index contributed by atoms with van der Waals surface area (Å²) in [6, 6.07) is 0. The summed E-state index contributed by atoms with van der Waals surface area (Å²) in [6.45, 7) is 1.59. The van der Waals surface area contributed by atoms with Crippen LogP contribution in [0.4, 0.5) is 4.39 Å². The van der Waals surface area contributed by atoms with Gasteiger partial charge in [-0.1, -0.05) is 6.42 Å². The van der Waals surface area contributed by atoms with Gasteiger partial charge in [-0.05, 0) is 70.1 Å². The van der Waals surface area contributed by atoms with Crippen molar-refractivity contribution in [3.8, 4) is 0 Å². The molecule has 3 aliphatic carbocycles. The van der Waals surface area contributed by atoms with Crippen LogP contribution in [0.3, 0.4) is 0 Å². The minimum Gasteiger partial charge on any atom is -0.381 e. The molecule has 7 atom stereocenters. The lowest BCUT2D eigenvalue weighted by Gasteiger charge is -2.40. The number of hydrogen-bond acceptors (Lipinski definition) is 6. The van der Waals surface area contributed by atoms with Crippen molar-refractivity contribution in [3.05, 3.63) is 0 Å². The summed E-state index contributed by atoms with van der Waals surface area (Å²) >= 11 is 0. The van der Waals surface area contributed by atoms with E-state index in [0.717, 1.165) is 70.8 Å². The van der Waals surface area contributed by atoms with Gasteiger partial charge in [-0.25, -0.2) is 4.39 Å². The number of alkyl halides is 1. The zero-order chi connectivity index (χ0) is 23.9. The molecule has 7 unspecified atom stereocenters. The van der Waals surface area contributed by atoms with Gasteiger partial charge in [0.15, 0.2) is 0 Å². The van der Waals surface area contributed by atoms with Crippen LogP contribution in [0.2, 0.25) is 0 Å². The maximum Gasteiger partial charge on any atom is 0.223 e. The molecule has 3 saturated carbocycles. The van der Waals surface area contributed by atoms with Gasteiger partial charge >= 0.3 is 0 Å². The van der Waals surface area contributed by atoms with Crippen LogP contribution in [0.5, 0.6) is 0 Å². The average molecular weight is 484 g/mol. The highest BCUT2D eigenvalue weighted by atomic mass is 19.1. The van der Waals surface area contributed by atoms with E-state index in [0.29, 0.717) is 31.2 Å². The molecule has 0 radical (unpaired) electrons. The lowest BCUT2D eigenvalue weighted by Crippen LogP contribution is -2.59. The number of amides is 1. The fourth-order valence-corrected chi connectivity index (χ4v) is 6.55. The topological polar surface area (TPSA) is 80.9 Å². The number of halogens is 1. The number of hydrogen-bond donors (Lipinski definition) is 3. The first-order chi connectivity index (χ1) is 16.6. The number of carbonyl (C=O) groups is 1. The van der Waals surface area contributed by atoms with Crippen LogP contribution in [-0.2, 0) is 19.0 Å². The third kappa shape index (κ3) is 7.12. The summed E-state index contributed by atoms with van der Waals surface area (Å²) in [5.74, 6) is 0.960. The third-order valence-electron chi connectivity index (χ3n) is 8.72. The van der Waals surface area contributed by atoms with E-state index in [1.807, 2.05) is 0 Å². The maximum atomic E-state index is 13.9. The minimum atomic E-state index is -0.661. The lowest BCUT2D eigenvalue weighted by atomic mass is 9.83. The first kappa shape index (κ1) is 26.3. The molecule has 1 amide bonds. The second kappa shape index (κ2) is 12.9. The Kier molecular flexibility index (Phi) is 10.0. The molecule has 34 heavy (non-hydrogen) atoms. The van der Waals surface area contributed by atoms with E-state index in [9.17, 15) is 9.18 Å². The van der Waals surface area contributed by atoms with E-state index in [-0.39, 0.29) is 42.5 Å². The number of nitrogens with one attached hydrogen (secondary N) is 3. The van der Waals surface area contributed by atoms with Crippen LogP contribution in [0.15, 0.2) is 0 Å². The van der Waals surface area contributed by atoms with Crippen LogP contribution < -0.4 is 16.0 Å². The number of carbonyl (C=O) groups excluding carboxylic acids is 1. The molecular formula is C26H46FN3O4. The van der Waals surface area contributed by atoms with Crippen molar-refractivity contribution in [2.75, 3.05) is 27.3 Å². The standard InChI is InChI=1S/C26H46FN3O4/c1-32-22-11-8-19(23(15-22)33-2)16-29-26(31)17-6-9-21(10-7-17)34-24-12-13-28-25(30-24)18-4-3-5-20(27)14-18/h17-25,28,30H,3-16H2,1-2H3,(H,29,31). The zero-order valence-corrected chi connectivity index (χ0v) is 21.1. The largest absolute Gasteiger partial charge is 0.381 e. The van der Waals surface area contributed by atoms with Crippen LogP contribution in [0.1, 0.15) is 77.0 Å². The Morgan fingerprint density at radius 2 is 1.74 bits per heavy atom. The summed E-state index contributed by atoms with van der Waals surface area (Å²) in [5, 5.41) is 10.3. The van der Waals surface area contributed by atoms with Gasteiger partial charge in [0.25, 0.3) is 0 Å². The van der Waals surface area contributed by atoms with E-state index >= 15 is 0 Å². The molecule has 0 aromatic rings. The van der Waals surface area contributed by atoms with Gasteiger partial charge in [0.2, 0.25) is 5.91 Å².